The van der Waals surface area contributed by atoms with Crippen LogP contribution in [-0.2, 0) is 33.8 Å². The largest absolute Gasteiger partial charge is 0.480 e. The number of carbonyl (C=O) groups is 3. The van der Waals surface area contributed by atoms with Crippen molar-refractivity contribution in [3.63, 3.8) is 0 Å². The van der Waals surface area contributed by atoms with Crippen molar-refractivity contribution in [3.8, 4) is 0 Å². The molecule has 0 aliphatic carbocycles. The molecular weight excluding hydrogens is 477 g/mol. The summed E-state index contributed by atoms with van der Waals surface area (Å²) in [6.45, 7) is -0.148. The molecule has 7 nitrogen and oxygen atoms in total. The van der Waals surface area contributed by atoms with E-state index in [2.05, 4.69) is 10.6 Å². The molecule has 0 aliphatic rings. The minimum atomic E-state index is -2.63. The molecule has 3 aromatic carbocycles. The van der Waals surface area contributed by atoms with Crippen LogP contribution in [0.5, 0.6) is 0 Å². The molecule has 1 atom stereocenters. The van der Waals surface area contributed by atoms with Crippen molar-refractivity contribution in [1.29, 1.82) is 0 Å². The van der Waals surface area contributed by atoms with E-state index in [0.717, 1.165) is 0 Å². The van der Waals surface area contributed by atoms with Crippen LogP contribution in [0.3, 0.4) is 0 Å². The van der Waals surface area contributed by atoms with Gasteiger partial charge in [0.15, 0.2) is 0 Å². The van der Waals surface area contributed by atoms with Crippen molar-refractivity contribution in [3.05, 3.63) is 101 Å². The zero-order valence-electron chi connectivity index (χ0n) is 18.9. The van der Waals surface area contributed by atoms with Gasteiger partial charge in [0.2, 0.25) is 5.91 Å². The van der Waals surface area contributed by atoms with Gasteiger partial charge in [-0.05, 0) is 41.0 Å². The monoisotopic (exact) mass is 500 g/mol. The van der Waals surface area contributed by atoms with Crippen LogP contribution < -0.4 is 10.6 Å². The Morgan fingerprint density at radius 3 is 2.00 bits per heavy atom. The van der Waals surface area contributed by atoms with E-state index in [9.17, 15) is 32.7 Å². The number of carboxylic acid groups (broad SMARTS) is 1. The Labute approximate surface area is 204 Å². The standard InChI is InChI=1S/C26H23F3N2O5/c27-20-9-3-17(4-10-20)14-23(32)30-21-11-5-18(6-12-21)15-36-26(35)31-22(25(33)34)13-16-1-7-19(8-2-16)24(28)29/h1-12,22,24H,13-15H2,(H,30,32)(H,31,35)(H,33,34). The number of ether oxygens (including phenoxy) is 1. The number of rotatable bonds is 10. The maximum Gasteiger partial charge on any atom is 0.408 e. The van der Waals surface area contributed by atoms with Crippen molar-refractivity contribution in [2.24, 2.45) is 0 Å². The first-order valence-electron chi connectivity index (χ1n) is 10.9. The van der Waals surface area contributed by atoms with Crippen molar-refractivity contribution in [2.75, 3.05) is 5.32 Å². The number of nitrogens with one attached hydrogen (secondary N) is 2. The number of carbonyl (C=O) groups excluding carboxylic acids is 2. The van der Waals surface area contributed by atoms with Crippen LogP contribution in [0.1, 0.15) is 28.7 Å². The SMILES string of the molecule is O=C(Cc1ccc(F)cc1)Nc1ccc(COC(=O)NC(Cc2ccc(C(F)F)cc2)C(=O)O)cc1. The highest BCUT2D eigenvalue weighted by Gasteiger charge is 2.21. The quantitative estimate of drug-likeness (QED) is 0.369. The maximum atomic E-state index is 13.0. The van der Waals surface area contributed by atoms with E-state index >= 15 is 0 Å². The average Bonchev–Trinajstić information content (AvgIpc) is 2.85. The summed E-state index contributed by atoms with van der Waals surface area (Å²) in [6.07, 6.45) is -3.62. The Morgan fingerprint density at radius 1 is 0.833 bits per heavy atom. The Kier molecular flexibility index (Phi) is 9.04. The molecule has 0 heterocycles. The van der Waals surface area contributed by atoms with Crippen LogP contribution in [0.2, 0.25) is 0 Å². The molecule has 0 aromatic heterocycles. The van der Waals surface area contributed by atoms with E-state index in [4.69, 9.17) is 4.74 Å². The van der Waals surface area contributed by atoms with Gasteiger partial charge in [0.25, 0.3) is 6.43 Å². The molecule has 0 fully saturated rings. The zero-order chi connectivity index (χ0) is 26.1. The van der Waals surface area contributed by atoms with Crippen LogP contribution in [0.25, 0.3) is 0 Å². The van der Waals surface area contributed by atoms with Gasteiger partial charge in [-0.25, -0.2) is 22.8 Å². The van der Waals surface area contributed by atoms with Crippen LogP contribution >= 0.6 is 0 Å². The summed E-state index contributed by atoms with van der Waals surface area (Å²) >= 11 is 0. The number of benzene rings is 3. The summed E-state index contributed by atoms with van der Waals surface area (Å²) in [6, 6.07) is 15.9. The lowest BCUT2D eigenvalue weighted by Crippen LogP contribution is -2.42. The second-order valence-electron chi connectivity index (χ2n) is 7.91. The van der Waals surface area contributed by atoms with Gasteiger partial charge in [0, 0.05) is 17.7 Å². The Morgan fingerprint density at radius 2 is 1.42 bits per heavy atom. The molecule has 0 saturated carbocycles. The van der Waals surface area contributed by atoms with Crippen LogP contribution in [0, 0.1) is 5.82 Å². The topological polar surface area (TPSA) is 105 Å². The molecule has 2 amide bonds. The maximum absolute atomic E-state index is 13.0. The number of hydrogen-bond donors (Lipinski definition) is 3. The van der Waals surface area contributed by atoms with Gasteiger partial charge in [0.05, 0.1) is 6.42 Å². The minimum absolute atomic E-state index is 0.0758. The van der Waals surface area contributed by atoms with Gasteiger partial charge in [-0.15, -0.1) is 0 Å². The first-order chi connectivity index (χ1) is 17.2. The summed E-state index contributed by atoms with van der Waals surface area (Å²) in [5.74, 6) is -1.97. The summed E-state index contributed by atoms with van der Waals surface area (Å²) in [5, 5.41) is 14.3. The molecule has 188 valence electrons. The van der Waals surface area contributed by atoms with Gasteiger partial charge >= 0.3 is 12.1 Å². The van der Waals surface area contributed by atoms with Crippen LogP contribution in [0.15, 0.2) is 72.8 Å². The molecule has 0 bridgehead atoms. The predicted octanol–water partition coefficient (Wildman–Crippen LogP) is 4.87. The fraction of sp³-hybridized carbons (Fsp3) is 0.192. The lowest BCUT2D eigenvalue weighted by atomic mass is 10.0. The average molecular weight is 500 g/mol. The highest BCUT2D eigenvalue weighted by atomic mass is 19.3. The first kappa shape index (κ1) is 26.3. The molecule has 0 saturated heterocycles. The van der Waals surface area contributed by atoms with Gasteiger partial charge in [0.1, 0.15) is 18.5 Å². The Bertz CT molecular complexity index is 1180. The summed E-state index contributed by atoms with van der Waals surface area (Å²) < 4.78 is 43.4. The molecule has 10 heteroatoms. The van der Waals surface area contributed by atoms with E-state index in [1.807, 2.05) is 0 Å². The highest BCUT2D eigenvalue weighted by molar-refractivity contribution is 5.92. The Balaban J connectivity index is 1.46. The fourth-order valence-corrected chi connectivity index (χ4v) is 3.24. The third-order valence-electron chi connectivity index (χ3n) is 5.15. The normalized spacial score (nSPS) is 11.6. The molecule has 0 radical (unpaired) electrons. The molecule has 3 aromatic rings. The number of anilines is 1. The molecule has 3 rings (SSSR count). The third-order valence-corrected chi connectivity index (χ3v) is 5.15. The third kappa shape index (κ3) is 8.15. The van der Waals surface area contributed by atoms with Gasteiger partial charge in [-0.2, -0.15) is 0 Å². The summed E-state index contributed by atoms with van der Waals surface area (Å²) in [7, 11) is 0. The van der Waals surface area contributed by atoms with Crippen molar-refractivity contribution in [1.82, 2.24) is 5.32 Å². The summed E-state index contributed by atoms with van der Waals surface area (Å²) in [5.41, 5.74) is 2.05. The lowest BCUT2D eigenvalue weighted by Gasteiger charge is -2.15. The number of aliphatic carboxylic acids is 1. The Hall–Kier alpha value is -4.34. The predicted molar refractivity (Wildman–Crippen MR) is 125 cm³/mol. The fourth-order valence-electron chi connectivity index (χ4n) is 3.24. The number of halogens is 3. The molecule has 36 heavy (non-hydrogen) atoms. The molecule has 0 spiro atoms. The van der Waals surface area contributed by atoms with E-state index < -0.39 is 24.5 Å². The number of amides is 2. The smallest absolute Gasteiger partial charge is 0.408 e. The molecule has 0 aliphatic heterocycles. The number of carboxylic acids is 1. The second-order valence-corrected chi connectivity index (χ2v) is 7.91. The lowest BCUT2D eigenvalue weighted by molar-refractivity contribution is -0.139. The second kappa shape index (κ2) is 12.4. The van der Waals surface area contributed by atoms with Crippen LogP contribution in [0.4, 0.5) is 23.7 Å². The van der Waals surface area contributed by atoms with Crippen molar-refractivity contribution < 1.29 is 37.4 Å². The van der Waals surface area contributed by atoms with Gasteiger partial charge in [-0.3, -0.25) is 4.79 Å². The first-order valence-corrected chi connectivity index (χ1v) is 10.9. The van der Waals surface area contributed by atoms with E-state index in [1.165, 1.54) is 48.5 Å². The number of alkyl halides is 2. The minimum Gasteiger partial charge on any atom is -0.480 e. The number of alkyl carbamates (subject to hydrolysis) is 1. The molecular formula is C26H23F3N2O5. The highest BCUT2D eigenvalue weighted by Crippen LogP contribution is 2.19. The van der Waals surface area contributed by atoms with Crippen molar-refractivity contribution in [2.45, 2.75) is 31.9 Å². The number of hydrogen-bond acceptors (Lipinski definition) is 4. The van der Waals surface area contributed by atoms with Crippen LogP contribution in [-0.4, -0.2) is 29.1 Å². The van der Waals surface area contributed by atoms with Gasteiger partial charge in [-0.1, -0.05) is 48.5 Å². The summed E-state index contributed by atoms with van der Waals surface area (Å²) in [4.78, 5) is 35.7. The molecule has 3 N–H and O–H groups in total. The van der Waals surface area contributed by atoms with E-state index in [1.54, 1.807) is 24.3 Å². The zero-order valence-corrected chi connectivity index (χ0v) is 18.9. The van der Waals surface area contributed by atoms with Crippen molar-refractivity contribution >= 4 is 23.7 Å². The van der Waals surface area contributed by atoms with Gasteiger partial charge < -0.3 is 20.5 Å². The molecule has 1 unspecified atom stereocenters. The van der Waals surface area contributed by atoms with E-state index in [-0.39, 0.29) is 36.7 Å². The van der Waals surface area contributed by atoms with E-state index in [0.29, 0.717) is 22.4 Å².